The van der Waals surface area contributed by atoms with Crippen LogP contribution >= 0.6 is 11.3 Å². The zero-order valence-corrected chi connectivity index (χ0v) is 16.4. The standard InChI is InChI=1S/C21H25N3O2S/c1-26-17-7-5-13(6-8-17)11-18-23-24-20(27-18)22-19(25)21-12-14-9-15(21)3-2-4-16(21)10-14/h5-8,14-16H,2-4,9-12H2,1H3,(H,22,24,25)/t14?,15-,16-,21?/m1/s1. The van der Waals surface area contributed by atoms with Crippen molar-refractivity contribution in [3.63, 3.8) is 0 Å². The summed E-state index contributed by atoms with van der Waals surface area (Å²) >= 11 is 1.49. The minimum atomic E-state index is -0.120. The van der Waals surface area contributed by atoms with Gasteiger partial charge in [-0.2, -0.15) is 0 Å². The van der Waals surface area contributed by atoms with E-state index in [0.717, 1.165) is 35.1 Å². The van der Waals surface area contributed by atoms with Crippen LogP contribution < -0.4 is 10.1 Å². The first-order chi connectivity index (χ1) is 13.2. The maximum Gasteiger partial charge on any atom is 0.232 e. The number of methoxy groups -OCH3 is 1. The highest BCUT2D eigenvalue weighted by Crippen LogP contribution is 2.66. The van der Waals surface area contributed by atoms with E-state index in [9.17, 15) is 4.79 Å². The number of carbonyl (C=O) groups excluding carboxylic acids is 1. The minimum Gasteiger partial charge on any atom is -0.497 e. The van der Waals surface area contributed by atoms with Gasteiger partial charge in [0.2, 0.25) is 11.0 Å². The Labute approximate surface area is 163 Å². The van der Waals surface area contributed by atoms with Gasteiger partial charge in [0.25, 0.3) is 0 Å². The SMILES string of the molecule is COc1ccc(Cc2nnc(NC(=O)C34CC5C[C@H]3CCC[C@@H]4C5)s2)cc1. The summed E-state index contributed by atoms with van der Waals surface area (Å²) in [5.74, 6) is 3.00. The minimum absolute atomic E-state index is 0.120. The largest absolute Gasteiger partial charge is 0.497 e. The molecule has 3 fully saturated rings. The Kier molecular flexibility index (Phi) is 4.19. The summed E-state index contributed by atoms with van der Waals surface area (Å²) in [6, 6.07) is 7.98. The molecule has 2 aromatic rings. The van der Waals surface area contributed by atoms with Gasteiger partial charge < -0.3 is 10.1 Å². The van der Waals surface area contributed by atoms with E-state index in [1.54, 1.807) is 7.11 Å². The molecular formula is C21H25N3O2S. The number of rotatable bonds is 5. The van der Waals surface area contributed by atoms with Gasteiger partial charge in [-0.1, -0.05) is 29.9 Å². The number of hydrogen-bond donors (Lipinski definition) is 1. The number of anilines is 1. The van der Waals surface area contributed by atoms with Gasteiger partial charge >= 0.3 is 0 Å². The second-order valence-corrected chi connectivity index (χ2v) is 9.45. The molecule has 1 heterocycles. The Balaban J connectivity index is 1.28. The lowest BCUT2D eigenvalue weighted by Gasteiger charge is -2.44. The van der Waals surface area contributed by atoms with E-state index in [1.165, 1.54) is 43.4 Å². The van der Waals surface area contributed by atoms with Crippen LogP contribution in [0.15, 0.2) is 24.3 Å². The van der Waals surface area contributed by atoms with Crippen molar-refractivity contribution in [2.24, 2.45) is 23.2 Å². The van der Waals surface area contributed by atoms with Gasteiger partial charge in [0.1, 0.15) is 10.8 Å². The zero-order valence-electron chi connectivity index (χ0n) is 15.6. The predicted molar refractivity (Wildman–Crippen MR) is 105 cm³/mol. The molecule has 2 bridgehead atoms. The van der Waals surface area contributed by atoms with Crippen molar-refractivity contribution >= 4 is 22.4 Å². The Morgan fingerprint density at radius 3 is 2.67 bits per heavy atom. The molecule has 0 spiro atoms. The van der Waals surface area contributed by atoms with Gasteiger partial charge in [-0.3, -0.25) is 4.79 Å². The molecule has 0 radical (unpaired) electrons. The smallest absolute Gasteiger partial charge is 0.232 e. The molecule has 1 aromatic carbocycles. The number of nitrogens with one attached hydrogen (secondary N) is 1. The van der Waals surface area contributed by atoms with Crippen LogP contribution in [-0.2, 0) is 11.2 Å². The van der Waals surface area contributed by atoms with E-state index in [1.807, 2.05) is 24.3 Å². The number of benzene rings is 1. The number of carbonyl (C=O) groups is 1. The van der Waals surface area contributed by atoms with Crippen molar-refractivity contribution in [2.75, 3.05) is 12.4 Å². The molecule has 5 nitrogen and oxygen atoms in total. The van der Waals surface area contributed by atoms with Gasteiger partial charge in [-0.05, 0) is 67.6 Å². The normalized spacial score (nSPS) is 31.1. The summed E-state index contributed by atoms with van der Waals surface area (Å²) in [6.07, 6.45) is 8.05. The molecule has 0 saturated heterocycles. The lowest BCUT2D eigenvalue weighted by atomic mass is 9.60. The molecule has 0 aliphatic heterocycles. The Hall–Kier alpha value is -1.95. The first kappa shape index (κ1) is 17.2. The van der Waals surface area contributed by atoms with Gasteiger partial charge in [-0.15, -0.1) is 10.2 Å². The van der Waals surface area contributed by atoms with Crippen LogP contribution in [0, 0.1) is 23.2 Å². The second-order valence-electron chi connectivity index (χ2n) is 8.39. The average molecular weight is 384 g/mol. The van der Waals surface area contributed by atoms with E-state index in [2.05, 4.69) is 15.5 Å². The van der Waals surface area contributed by atoms with Crippen molar-refractivity contribution in [1.82, 2.24) is 10.2 Å². The number of ether oxygens (including phenoxy) is 1. The highest BCUT2D eigenvalue weighted by Gasteiger charge is 2.62. The molecule has 3 saturated carbocycles. The quantitative estimate of drug-likeness (QED) is 0.836. The van der Waals surface area contributed by atoms with Crippen molar-refractivity contribution in [2.45, 2.75) is 44.9 Å². The van der Waals surface area contributed by atoms with E-state index in [0.29, 0.717) is 17.0 Å². The molecule has 6 heteroatoms. The Morgan fingerprint density at radius 2 is 1.96 bits per heavy atom. The number of fused-ring (bicyclic) bond motifs is 1. The first-order valence-electron chi connectivity index (χ1n) is 9.94. The molecular weight excluding hydrogens is 358 g/mol. The monoisotopic (exact) mass is 383 g/mol. The fourth-order valence-corrected chi connectivity index (χ4v) is 6.73. The molecule has 5 rings (SSSR count). The maximum absolute atomic E-state index is 13.3. The lowest BCUT2D eigenvalue weighted by molar-refractivity contribution is -0.133. The van der Waals surface area contributed by atoms with E-state index < -0.39 is 0 Å². The van der Waals surface area contributed by atoms with Crippen molar-refractivity contribution in [3.8, 4) is 5.75 Å². The number of hydrogen-bond acceptors (Lipinski definition) is 5. The van der Waals surface area contributed by atoms with Crippen LogP contribution in [-0.4, -0.2) is 23.2 Å². The van der Waals surface area contributed by atoms with Crippen LogP contribution in [0.2, 0.25) is 0 Å². The van der Waals surface area contributed by atoms with Gasteiger partial charge in [0.15, 0.2) is 0 Å². The Morgan fingerprint density at radius 1 is 1.22 bits per heavy atom. The van der Waals surface area contributed by atoms with Crippen molar-refractivity contribution in [3.05, 3.63) is 34.8 Å². The Bertz CT molecular complexity index is 833. The highest BCUT2D eigenvalue weighted by molar-refractivity contribution is 7.15. The third kappa shape index (κ3) is 2.85. The molecule has 0 unspecified atom stereocenters. The molecule has 2 atom stereocenters. The van der Waals surface area contributed by atoms with Gasteiger partial charge in [0, 0.05) is 6.42 Å². The molecule has 1 amide bonds. The second kappa shape index (κ2) is 6.59. The van der Waals surface area contributed by atoms with Crippen LogP contribution in [0.3, 0.4) is 0 Å². The van der Waals surface area contributed by atoms with E-state index >= 15 is 0 Å². The number of aromatic nitrogens is 2. The molecule has 27 heavy (non-hydrogen) atoms. The van der Waals surface area contributed by atoms with Crippen LogP contribution in [0.4, 0.5) is 5.13 Å². The zero-order chi connectivity index (χ0) is 18.4. The number of nitrogens with zero attached hydrogens (tertiary/aromatic N) is 2. The summed E-state index contributed by atoms with van der Waals surface area (Å²) in [7, 11) is 1.67. The summed E-state index contributed by atoms with van der Waals surface area (Å²) in [4.78, 5) is 13.3. The molecule has 1 N–H and O–H groups in total. The fraction of sp³-hybridized carbons (Fsp3) is 0.571. The summed E-state index contributed by atoms with van der Waals surface area (Å²) in [6.45, 7) is 0. The van der Waals surface area contributed by atoms with Crippen LogP contribution in [0.1, 0.15) is 49.1 Å². The van der Waals surface area contributed by atoms with E-state index in [4.69, 9.17) is 4.74 Å². The third-order valence-corrected chi connectivity index (χ3v) is 7.89. The first-order valence-corrected chi connectivity index (χ1v) is 10.8. The highest BCUT2D eigenvalue weighted by atomic mass is 32.1. The molecule has 142 valence electrons. The lowest BCUT2D eigenvalue weighted by Crippen LogP contribution is -2.46. The van der Waals surface area contributed by atoms with Crippen molar-refractivity contribution < 1.29 is 9.53 Å². The summed E-state index contributed by atoms with van der Waals surface area (Å²) in [5, 5.41) is 13.2. The van der Waals surface area contributed by atoms with Crippen LogP contribution in [0.5, 0.6) is 5.75 Å². The van der Waals surface area contributed by atoms with E-state index in [-0.39, 0.29) is 11.3 Å². The van der Waals surface area contributed by atoms with Crippen LogP contribution in [0.25, 0.3) is 0 Å². The average Bonchev–Trinajstić information content (AvgIpc) is 3.36. The summed E-state index contributed by atoms with van der Waals surface area (Å²) in [5.41, 5.74) is 1.04. The number of amides is 1. The maximum atomic E-state index is 13.3. The molecule has 1 aromatic heterocycles. The molecule has 3 aliphatic carbocycles. The molecule has 3 aliphatic rings. The third-order valence-electron chi connectivity index (χ3n) is 7.05. The van der Waals surface area contributed by atoms with Gasteiger partial charge in [0.05, 0.1) is 12.5 Å². The fourth-order valence-electron chi connectivity index (χ4n) is 5.96. The van der Waals surface area contributed by atoms with Gasteiger partial charge in [-0.25, -0.2) is 0 Å². The topological polar surface area (TPSA) is 64.1 Å². The predicted octanol–water partition coefficient (Wildman–Crippen LogP) is 4.29. The van der Waals surface area contributed by atoms with Crippen molar-refractivity contribution in [1.29, 1.82) is 0 Å². The summed E-state index contributed by atoms with van der Waals surface area (Å²) < 4.78 is 5.20.